The maximum Gasteiger partial charge on any atom is 0.472 e. The molecule has 3 unspecified atom stereocenters. The van der Waals surface area contributed by atoms with E-state index in [1.165, 1.54) is 327 Å². The van der Waals surface area contributed by atoms with E-state index in [0.29, 0.717) is 23.9 Å². The van der Waals surface area contributed by atoms with Gasteiger partial charge in [-0.05, 0) is 57.4 Å². The van der Waals surface area contributed by atoms with Crippen molar-refractivity contribution in [3.8, 4) is 0 Å². The first-order chi connectivity index (χ1) is 43.4. The second-order valence-corrected chi connectivity index (χ2v) is 30.1. The van der Waals surface area contributed by atoms with Gasteiger partial charge in [0.2, 0.25) is 5.91 Å². The molecule has 10 heteroatoms. The molecule has 0 heterocycles. The minimum Gasteiger partial charge on any atom is -0.456 e. The highest BCUT2D eigenvalue weighted by Crippen LogP contribution is 2.43. The number of likely N-dealkylation sites (N-methyl/N-ethyl adjacent to an activating group) is 1. The largest absolute Gasteiger partial charge is 0.472 e. The SMILES string of the molecule is CCCCCCCC/C=C/CCCCCCCCCCCCCCCCCC(=O)OC(/C=C/CCCCCCCCCCC)C(COP(=O)(O)OCC[N+](C)(C)C)NC(=O)CCCCCCCCCCCCCCCCCCCCCCCCCCCCC. The Morgan fingerprint density at radius 2 is 0.652 bits per heavy atom. The van der Waals surface area contributed by atoms with Crippen LogP contribution in [0.4, 0.5) is 0 Å². The number of nitrogens with zero attached hydrogens (tertiary/aromatic N) is 1. The lowest BCUT2D eigenvalue weighted by molar-refractivity contribution is -0.870. The molecule has 1 amide bonds. The van der Waals surface area contributed by atoms with Crippen molar-refractivity contribution in [3.05, 3.63) is 24.3 Å². The van der Waals surface area contributed by atoms with Gasteiger partial charge in [0.1, 0.15) is 19.3 Å². The Balaban J connectivity index is 4.84. The zero-order chi connectivity index (χ0) is 64.9. The van der Waals surface area contributed by atoms with Crippen molar-refractivity contribution in [2.75, 3.05) is 40.9 Å². The molecule has 0 spiro atoms. The van der Waals surface area contributed by atoms with Gasteiger partial charge in [0.05, 0.1) is 33.8 Å². The molecule has 0 aromatic carbocycles. The standard InChI is InChI=1S/C79H155N2O7P/c1-7-10-13-16-19-22-25-27-29-31-33-35-37-39-40-42-43-45-47-49-51-53-56-59-62-65-68-71-78(82)80-76(75-87-89(84,85)86-74-73-81(4,5)6)77(70-67-64-61-58-55-24-21-18-15-12-9-3)88-79(83)72-69-66-63-60-57-54-52-50-48-46-44-41-38-36-34-32-30-28-26-23-20-17-14-11-8-2/h28,30,67,70,76-77H,7-27,29,31-66,68-69,71-75H2,1-6H3,(H-,80,82,84,85)/p+1/b30-28+,70-67+. The van der Waals surface area contributed by atoms with Crippen LogP contribution < -0.4 is 5.32 Å². The molecule has 0 bridgehead atoms. The van der Waals surface area contributed by atoms with Crippen molar-refractivity contribution in [3.63, 3.8) is 0 Å². The number of amides is 1. The summed E-state index contributed by atoms with van der Waals surface area (Å²) >= 11 is 0. The van der Waals surface area contributed by atoms with Crippen molar-refractivity contribution in [2.45, 2.75) is 431 Å². The van der Waals surface area contributed by atoms with Crippen molar-refractivity contribution >= 4 is 19.7 Å². The first kappa shape index (κ1) is 87.5. The zero-order valence-corrected chi connectivity index (χ0v) is 61.6. The van der Waals surface area contributed by atoms with Gasteiger partial charge in [-0.1, -0.05) is 373 Å². The molecule has 3 atom stereocenters. The lowest BCUT2D eigenvalue weighted by Crippen LogP contribution is -2.47. The molecule has 0 aliphatic carbocycles. The summed E-state index contributed by atoms with van der Waals surface area (Å²) in [7, 11) is 1.52. The lowest BCUT2D eigenvalue weighted by Gasteiger charge is -2.27. The summed E-state index contributed by atoms with van der Waals surface area (Å²) in [6, 6.07) is -0.843. The fourth-order valence-electron chi connectivity index (χ4n) is 12.3. The molecule has 528 valence electrons. The second-order valence-electron chi connectivity index (χ2n) is 28.6. The first-order valence-electron chi connectivity index (χ1n) is 39.7. The van der Waals surface area contributed by atoms with Gasteiger partial charge in [-0.25, -0.2) is 4.57 Å². The number of phosphoric ester groups is 1. The fourth-order valence-corrected chi connectivity index (χ4v) is 13.0. The smallest absolute Gasteiger partial charge is 0.456 e. The summed E-state index contributed by atoms with van der Waals surface area (Å²) < 4.78 is 30.9. The highest BCUT2D eigenvalue weighted by Gasteiger charge is 2.30. The molecule has 0 saturated heterocycles. The van der Waals surface area contributed by atoms with E-state index in [4.69, 9.17) is 13.8 Å². The van der Waals surface area contributed by atoms with Crippen LogP contribution >= 0.6 is 7.82 Å². The number of ether oxygens (including phenoxy) is 1. The predicted molar refractivity (Wildman–Crippen MR) is 388 cm³/mol. The highest BCUT2D eigenvalue weighted by molar-refractivity contribution is 7.47. The number of quaternary nitrogens is 1. The van der Waals surface area contributed by atoms with Crippen LogP contribution in [0.25, 0.3) is 0 Å². The van der Waals surface area contributed by atoms with Gasteiger partial charge >= 0.3 is 13.8 Å². The molecule has 0 aromatic heterocycles. The van der Waals surface area contributed by atoms with Crippen molar-refractivity contribution < 1.29 is 37.3 Å². The van der Waals surface area contributed by atoms with E-state index in [1.54, 1.807) is 0 Å². The number of allylic oxidation sites excluding steroid dienone is 3. The number of unbranched alkanes of at least 4 members (excludes halogenated alkanes) is 56. The normalized spacial score (nSPS) is 13.5. The molecular weight excluding hydrogens is 1120 g/mol. The van der Waals surface area contributed by atoms with Gasteiger partial charge in [-0.15, -0.1) is 0 Å². The number of esters is 1. The number of carbonyl (C=O) groups excluding carboxylic acids is 2. The maximum atomic E-state index is 13.6. The van der Waals surface area contributed by atoms with Crippen LogP contribution in [-0.4, -0.2) is 74.3 Å². The summed E-state index contributed by atoms with van der Waals surface area (Å²) in [5, 5.41) is 3.09. The van der Waals surface area contributed by atoms with E-state index in [9.17, 15) is 19.0 Å². The third-order valence-electron chi connectivity index (χ3n) is 18.4. The van der Waals surface area contributed by atoms with E-state index < -0.39 is 20.0 Å². The Bertz CT molecular complexity index is 1570. The van der Waals surface area contributed by atoms with Crippen LogP contribution in [0.5, 0.6) is 0 Å². The van der Waals surface area contributed by atoms with Gasteiger partial charge in [0, 0.05) is 12.8 Å². The molecule has 0 radical (unpaired) electrons. The summed E-state index contributed by atoms with van der Waals surface area (Å²) in [6.45, 7) is 7.09. The summed E-state index contributed by atoms with van der Waals surface area (Å²) in [4.78, 5) is 38.0. The third kappa shape index (κ3) is 70.6. The number of phosphoric acid groups is 1. The quantitative estimate of drug-likeness (QED) is 0.0205. The third-order valence-corrected chi connectivity index (χ3v) is 19.4. The maximum absolute atomic E-state index is 13.6. The van der Waals surface area contributed by atoms with Crippen LogP contribution in [-0.2, 0) is 27.9 Å². The minimum atomic E-state index is -4.45. The lowest BCUT2D eigenvalue weighted by atomic mass is 10.0. The topological polar surface area (TPSA) is 111 Å². The molecule has 2 N–H and O–H groups in total. The molecule has 0 fully saturated rings. The first-order valence-corrected chi connectivity index (χ1v) is 41.2. The van der Waals surface area contributed by atoms with E-state index >= 15 is 0 Å². The second kappa shape index (κ2) is 69.3. The highest BCUT2D eigenvalue weighted by atomic mass is 31.2. The molecule has 0 aliphatic heterocycles. The van der Waals surface area contributed by atoms with Crippen molar-refractivity contribution in [2.24, 2.45) is 0 Å². The molecule has 89 heavy (non-hydrogen) atoms. The minimum absolute atomic E-state index is 0.0449. The predicted octanol–water partition coefficient (Wildman–Crippen LogP) is 25.6. The van der Waals surface area contributed by atoms with Crippen LogP contribution in [0, 0.1) is 0 Å². The Labute approximate surface area is 555 Å². The molecule has 9 nitrogen and oxygen atoms in total. The molecule has 0 saturated carbocycles. The van der Waals surface area contributed by atoms with E-state index in [2.05, 4.69) is 44.3 Å². The fraction of sp³-hybridized carbons (Fsp3) is 0.924. The Morgan fingerprint density at radius 3 is 0.955 bits per heavy atom. The van der Waals surface area contributed by atoms with Crippen LogP contribution in [0.1, 0.15) is 419 Å². The van der Waals surface area contributed by atoms with Gasteiger partial charge < -0.3 is 19.4 Å². The number of carbonyl (C=O) groups is 2. The molecule has 0 rings (SSSR count). The van der Waals surface area contributed by atoms with Crippen molar-refractivity contribution in [1.29, 1.82) is 0 Å². The average Bonchev–Trinajstić information content (AvgIpc) is 3.64. The van der Waals surface area contributed by atoms with Crippen molar-refractivity contribution in [1.82, 2.24) is 5.32 Å². The summed E-state index contributed by atoms with van der Waals surface area (Å²) in [5.74, 6) is -0.478. The van der Waals surface area contributed by atoms with Crippen LogP contribution in [0.15, 0.2) is 24.3 Å². The molecular formula is C79H156N2O7P+. The Kier molecular flexibility index (Phi) is 68.1. The van der Waals surface area contributed by atoms with Gasteiger partial charge in [-0.3, -0.25) is 18.6 Å². The van der Waals surface area contributed by atoms with E-state index in [0.717, 1.165) is 57.8 Å². The Hall–Kier alpha value is -1.51. The van der Waals surface area contributed by atoms with Gasteiger partial charge in [0.25, 0.3) is 0 Å². The summed E-state index contributed by atoms with van der Waals surface area (Å²) in [6.07, 6.45) is 86.5. The number of rotatable bonds is 74. The average molecular weight is 1280 g/mol. The summed E-state index contributed by atoms with van der Waals surface area (Å²) in [5.41, 5.74) is 0. The van der Waals surface area contributed by atoms with E-state index in [1.807, 2.05) is 27.2 Å². The Morgan fingerprint density at radius 1 is 0.382 bits per heavy atom. The van der Waals surface area contributed by atoms with Gasteiger partial charge in [-0.2, -0.15) is 0 Å². The molecule has 0 aromatic rings. The number of hydrogen-bond acceptors (Lipinski definition) is 6. The zero-order valence-electron chi connectivity index (χ0n) is 60.7. The number of nitrogens with one attached hydrogen (secondary N) is 1. The van der Waals surface area contributed by atoms with Crippen LogP contribution in [0.3, 0.4) is 0 Å². The monoisotopic (exact) mass is 1280 g/mol. The number of hydrogen-bond donors (Lipinski definition) is 2. The van der Waals surface area contributed by atoms with Crippen LogP contribution in [0.2, 0.25) is 0 Å². The van der Waals surface area contributed by atoms with E-state index in [-0.39, 0.29) is 25.1 Å². The van der Waals surface area contributed by atoms with Gasteiger partial charge in [0.15, 0.2) is 0 Å². The molecule has 0 aliphatic rings.